The second-order valence-electron chi connectivity index (χ2n) is 5.57. The van der Waals surface area contributed by atoms with E-state index in [1.54, 1.807) is 19.1 Å². The van der Waals surface area contributed by atoms with Crippen LogP contribution in [0.4, 0.5) is 16.0 Å². The molecule has 0 bridgehead atoms. The highest BCUT2D eigenvalue weighted by Crippen LogP contribution is 2.17. The van der Waals surface area contributed by atoms with Crippen LogP contribution in [0.1, 0.15) is 6.92 Å². The molecular formula is C17H19FN4O3. The molecule has 1 atom stereocenters. The van der Waals surface area contributed by atoms with Crippen molar-refractivity contribution in [3.63, 3.8) is 0 Å². The van der Waals surface area contributed by atoms with Gasteiger partial charge < -0.3 is 19.7 Å². The zero-order chi connectivity index (χ0) is 17.6. The van der Waals surface area contributed by atoms with Gasteiger partial charge >= 0.3 is 0 Å². The average Bonchev–Trinajstić information content (AvgIpc) is 2.62. The molecule has 1 aliphatic heterocycles. The number of halogens is 1. The van der Waals surface area contributed by atoms with Crippen molar-refractivity contribution in [2.45, 2.75) is 13.0 Å². The maximum atomic E-state index is 13.2. The summed E-state index contributed by atoms with van der Waals surface area (Å²) < 4.78 is 23.9. The molecule has 1 aliphatic rings. The number of carbonyl (C=O) groups is 1. The first kappa shape index (κ1) is 17.1. The van der Waals surface area contributed by atoms with Crippen molar-refractivity contribution in [1.82, 2.24) is 9.97 Å². The van der Waals surface area contributed by atoms with Crippen LogP contribution in [0.15, 0.2) is 36.7 Å². The van der Waals surface area contributed by atoms with E-state index in [-0.39, 0.29) is 5.91 Å². The van der Waals surface area contributed by atoms with Crippen molar-refractivity contribution in [2.75, 3.05) is 36.5 Å². The fourth-order valence-electron chi connectivity index (χ4n) is 2.41. The van der Waals surface area contributed by atoms with Crippen molar-refractivity contribution in [1.29, 1.82) is 0 Å². The lowest BCUT2D eigenvalue weighted by Crippen LogP contribution is -2.37. The van der Waals surface area contributed by atoms with Crippen LogP contribution >= 0.6 is 0 Å². The minimum Gasteiger partial charge on any atom is -0.481 e. The van der Waals surface area contributed by atoms with Crippen LogP contribution in [0.2, 0.25) is 0 Å². The summed E-state index contributed by atoms with van der Waals surface area (Å²) in [6.07, 6.45) is 0.599. The van der Waals surface area contributed by atoms with E-state index >= 15 is 0 Å². The maximum Gasteiger partial charge on any atom is 0.266 e. The van der Waals surface area contributed by atoms with Gasteiger partial charge in [-0.2, -0.15) is 0 Å². The van der Waals surface area contributed by atoms with E-state index in [0.29, 0.717) is 24.8 Å². The summed E-state index contributed by atoms with van der Waals surface area (Å²) >= 11 is 0. The molecule has 0 saturated carbocycles. The van der Waals surface area contributed by atoms with Crippen molar-refractivity contribution in [3.05, 3.63) is 42.5 Å². The Balaban J connectivity index is 1.62. The normalized spacial score (nSPS) is 15.5. The van der Waals surface area contributed by atoms with Crippen LogP contribution in [0, 0.1) is 5.82 Å². The molecule has 2 heterocycles. The number of nitrogens with one attached hydrogen (secondary N) is 1. The smallest absolute Gasteiger partial charge is 0.266 e. The predicted molar refractivity (Wildman–Crippen MR) is 90.2 cm³/mol. The largest absolute Gasteiger partial charge is 0.481 e. The lowest BCUT2D eigenvalue weighted by Gasteiger charge is -2.27. The highest BCUT2D eigenvalue weighted by atomic mass is 19.1. The number of morpholine rings is 1. The zero-order valence-corrected chi connectivity index (χ0v) is 13.8. The zero-order valence-electron chi connectivity index (χ0n) is 13.8. The maximum absolute atomic E-state index is 13.2. The first-order valence-corrected chi connectivity index (χ1v) is 7.99. The van der Waals surface area contributed by atoms with E-state index in [2.05, 4.69) is 20.2 Å². The minimum atomic E-state index is -0.802. The molecule has 1 unspecified atom stereocenters. The second kappa shape index (κ2) is 7.89. The van der Waals surface area contributed by atoms with Gasteiger partial charge in [-0.25, -0.2) is 14.4 Å². The molecule has 25 heavy (non-hydrogen) atoms. The molecule has 132 valence electrons. The molecule has 0 aliphatic carbocycles. The number of rotatable bonds is 5. The number of aromatic nitrogens is 2. The van der Waals surface area contributed by atoms with Gasteiger partial charge in [0.2, 0.25) is 0 Å². The SMILES string of the molecule is CC(Oc1cccc(F)c1)C(=O)Nc1cc(N2CCOCC2)ncn1. The van der Waals surface area contributed by atoms with Gasteiger partial charge in [-0.15, -0.1) is 0 Å². The number of ether oxygens (including phenoxy) is 2. The van der Waals surface area contributed by atoms with Crippen LogP contribution in [0.25, 0.3) is 0 Å². The molecular weight excluding hydrogens is 327 g/mol. The molecule has 2 aromatic rings. The van der Waals surface area contributed by atoms with Crippen LogP contribution < -0.4 is 15.0 Å². The third kappa shape index (κ3) is 4.63. The number of benzene rings is 1. The topological polar surface area (TPSA) is 76.6 Å². The lowest BCUT2D eigenvalue weighted by atomic mass is 10.3. The van der Waals surface area contributed by atoms with Crippen LogP contribution in [-0.4, -0.2) is 48.3 Å². The highest BCUT2D eigenvalue weighted by molar-refractivity contribution is 5.93. The molecule has 7 nitrogen and oxygen atoms in total. The fraction of sp³-hybridized carbons (Fsp3) is 0.353. The Labute approximate surface area is 144 Å². The number of amides is 1. The first-order chi connectivity index (χ1) is 12.1. The van der Waals surface area contributed by atoms with Gasteiger partial charge in [0, 0.05) is 25.2 Å². The second-order valence-corrected chi connectivity index (χ2v) is 5.57. The molecule has 1 saturated heterocycles. The summed E-state index contributed by atoms with van der Waals surface area (Å²) in [7, 11) is 0. The summed E-state index contributed by atoms with van der Waals surface area (Å²) in [5, 5.41) is 2.69. The number of carbonyl (C=O) groups excluding carboxylic acids is 1. The summed E-state index contributed by atoms with van der Waals surface area (Å²) in [5.41, 5.74) is 0. The monoisotopic (exact) mass is 346 g/mol. The summed E-state index contributed by atoms with van der Waals surface area (Å²) in [6.45, 7) is 4.35. The Kier molecular flexibility index (Phi) is 5.39. The molecule has 8 heteroatoms. The number of hydrogen-bond acceptors (Lipinski definition) is 6. The standard InChI is InChI=1S/C17H19FN4O3/c1-12(25-14-4-2-3-13(18)9-14)17(23)21-15-10-16(20-11-19-15)22-5-7-24-8-6-22/h2-4,9-12H,5-8H2,1H3,(H,19,20,21,23). The van der Waals surface area contributed by atoms with Crippen molar-refractivity contribution in [2.24, 2.45) is 0 Å². The molecule has 0 radical (unpaired) electrons. The average molecular weight is 346 g/mol. The van der Waals surface area contributed by atoms with Crippen LogP contribution in [-0.2, 0) is 9.53 Å². The molecule has 0 spiro atoms. The number of hydrogen-bond donors (Lipinski definition) is 1. The number of anilines is 2. The van der Waals surface area contributed by atoms with Gasteiger partial charge in [-0.3, -0.25) is 4.79 Å². The fourth-order valence-corrected chi connectivity index (χ4v) is 2.41. The van der Waals surface area contributed by atoms with E-state index in [1.807, 2.05) is 0 Å². The van der Waals surface area contributed by atoms with E-state index in [9.17, 15) is 9.18 Å². The number of nitrogens with zero attached hydrogens (tertiary/aromatic N) is 3. The van der Waals surface area contributed by atoms with Gasteiger partial charge in [0.15, 0.2) is 6.10 Å². The van der Waals surface area contributed by atoms with Crippen LogP contribution in [0.3, 0.4) is 0 Å². The van der Waals surface area contributed by atoms with E-state index < -0.39 is 11.9 Å². The van der Waals surface area contributed by atoms with Crippen LogP contribution in [0.5, 0.6) is 5.75 Å². The van der Waals surface area contributed by atoms with Gasteiger partial charge in [-0.1, -0.05) is 6.07 Å². The molecule has 1 aromatic heterocycles. The summed E-state index contributed by atoms with van der Waals surface area (Å²) in [6, 6.07) is 7.36. The molecule has 1 fully saturated rings. The van der Waals surface area contributed by atoms with Crippen molar-refractivity contribution < 1.29 is 18.7 Å². The van der Waals surface area contributed by atoms with Crippen molar-refractivity contribution >= 4 is 17.5 Å². The van der Waals surface area contributed by atoms with Gasteiger partial charge in [0.05, 0.1) is 13.2 Å². The minimum absolute atomic E-state index is 0.291. The van der Waals surface area contributed by atoms with Gasteiger partial charge in [0.25, 0.3) is 5.91 Å². The summed E-state index contributed by atoms with van der Waals surface area (Å²) in [4.78, 5) is 22.6. The third-order valence-corrected chi connectivity index (χ3v) is 3.72. The van der Waals surface area contributed by atoms with E-state index in [0.717, 1.165) is 18.9 Å². The predicted octanol–water partition coefficient (Wildman–Crippen LogP) is 1.86. The first-order valence-electron chi connectivity index (χ1n) is 7.99. The van der Waals surface area contributed by atoms with Gasteiger partial charge in [0.1, 0.15) is 29.5 Å². The molecule has 1 N–H and O–H groups in total. The highest BCUT2D eigenvalue weighted by Gasteiger charge is 2.17. The quantitative estimate of drug-likeness (QED) is 0.890. The Morgan fingerprint density at radius 3 is 2.88 bits per heavy atom. The Morgan fingerprint density at radius 2 is 2.12 bits per heavy atom. The summed E-state index contributed by atoms with van der Waals surface area (Å²) in [5.74, 6) is 0.606. The molecule has 1 aromatic carbocycles. The van der Waals surface area contributed by atoms with E-state index in [4.69, 9.17) is 9.47 Å². The third-order valence-electron chi connectivity index (χ3n) is 3.72. The van der Waals surface area contributed by atoms with Crippen molar-refractivity contribution in [3.8, 4) is 5.75 Å². The Morgan fingerprint density at radius 1 is 1.32 bits per heavy atom. The van der Waals surface area contributed by atoms with E-state index in [1.165, 1.54) is 24.5 Å². The Bertz CT molecular complexity index is 737. The van der Waals surface area contributed by atoms with Gasteiger partial charge in [-0.05, 0) is 19.1 Å². The lowest BCUT2D eigenvalue weighted by molar-refractivity contribution is -0.122. The Hall–Kier alpha value is -2.74. The molecule has 3 rings (SSSR count). The molecule has 1 amide bonds.